The molecule has 1 aromatic rings. The second-order valence-corrected chi connectivity index (χ2v) is 7.47. The number of aliphatic hydroxyl groups excluding tert-OH is 1. The van der Waals surface area contributed by atoms with Crippen LogP contribution in [-0.2, 0) is 16.4 Å². The number of benzene rings is 1. The number of sulfone groups is 1. The fraction of sp³-hybridized carbons (Fsp3) is 0.571. The van der Waals surface area contributed by atoms with E-state index in [0.29, 0.717) is 19.5 Å². The predicted molar refractivity (Wildman–Crippen MR) is 75.7 cm³/mol. The van der Waals surface area contributed by atoms with Gasteiger partial charge in [0.1, 0.15) is 0 Å². The van der Waals surface area contributed by atoms with Crippen LogP contribution in [0.2, 0.25) is 0 Å². The predicted octanol–water partition coefficient (Wildman–Crippen LogP) is 0.976. The van der Waals surface area contributed by atoms with Gasteiger partial charge in [-0.15, -0.1) is 0 Å². The van der Waals surface area contributed by atoms with Crippen molar-refractivity contribution in [2.24, 2.45) is 0 Å². The zero-order chi connectivity index (χ0) is 13.9. The topological polar surface area (TPSA) is 57.6 Å². The fourth-order valence-electron chi connectivity index (χ4n) is 2.63. The molecule has 2 rings (SSSR count). The van der Waals surface area contributed by atoms with Crippen LogP contribution in [0.1, 0.15) is 17.5 Å². The Morgan fingerprint density at radius 3 is 2.79 bits per heavy atom. The standard InChI is InChI=1S/C14H21NO3S/c1-12-3-2-4-13(9-12)10-15(6-7-16)14-5-8-19(17,18)11-14/h2-4,9,14,16H,5-8,10-11H2,1H3/t14-/m0/s1. The molecule has 1 atom stereocenters. The van der Waals surface area contributed by atoms with Gasteiger partial charge in [0.05, 0.1) is 18.1 Å². The van der Waals surface area contributed by atoms with Crippen molar-refractivity contribution in [1.29, 1.82) is 0 Å². The monoisotopic (exact) mass is 283 g/mol. The highest BCUT2D eigenvalue weighted by Gasteiger charge is 2.31. The van der Waals surface area contributed by atoms with Gasteiger partial charge in [-0.05, 0) is 18.9 Å². The van der Waals surface area contributed by atoms with Crippen LogP contribution in [0.15, 0.2) is 24.3 Å². The molecule has 1 aliphatic heterocycles. The molecule has 0 aliphatic carbocycles. The van der Waals surface area contributed by atoms with E-state index < -0.39 is 9.84 Å². The molecule has 1 aromatic carbocycles. The van der Waals surface area contributed by atoms with Gasteiger partial charge >= 0.3 is 0 Å². The highest BCUT2D eigenvalue weighted by atomic mass is 32.2. The first-order chi connectivity index (χ1) is 9.00. The third kappa shape index (κ3) is 4.03. The van der Waals surface area contributed by atoms with Crippen LogP contribution >= 0.6 is 0 Å². The molecule has 0 radical (unpaired) electrons. The summed E-state index contributed by atoms with van der Waals surface area (Å²) < 4.78 is 23.1. The van der Waals surface area contributed by atoms with Crippen LogP contribution in [0.25, 0.3) is 0 Å². The first kappa shape index (κ1) is 14.5. The molecule has 0 amide bonds. The minimum absolute atomic E-state index is 0.0395. The van der Waals surface area contributed by atoms with Gasteiger partial charge in [-0.3, -0.25) is 4.90 Å². The maximum absolute atomic E-state index is 11.6. The molecule has 1 heterocycles. The Labute approximate surface area is 115 Å². The average molecular weight is 283 g/mol. The Morgan fingerprint density at radius 1 is 1.42 bits per heavy atom. The van der Waals surface area contributed by atoms with Gasteiger partial charge in [0.15, 0.2) is 9.84 Å². The lowest BCUT2D eigenvalue weighted by Gasteiger charge is -2.27. The molecule has 1 saturated heterocycles. The Hall–Kier alpha value is -0.910. The lowest BCUT2D eigenvalue weighted by Crippen LogP contribution is -2.37. The molecule has 1 fully saturated rings. The van der Waals surface area contributed by atoms with E-state index in [9.17, 15) is 8.42 Å². The van der Waals surface area contributed by atoms with Crippen molar-refractivity contribution in [2.45, 2.75) is 25.9 Å². The summed E-state index contributed by atoms with van der Waals surface area (Å²) in [5, 5.41) is 9.17. The molecule has 0 bridgehead atoms. The molecule has 106 valence electrons. The summed E-state index contributed by atoms with van der Waals surface area (Å²) in [4.78, 5) is 2.08. The van der Waals surface area contributed by atoms with Crippen molar-refractivity contribution in [3.05, 3.63) is 35.4 Å². The Morgan fingerprint density at radius 2 is 2.21 bits per heavy atom. The largest absolute Gasteiger partial charge is 0.395 e. The van der Waals surface area contributed by atoms with Gasteiger partial charge in [0.2, 0.25) is 0 Å². The summed E-state index contributed by atoms with van der Waals surface area (Å²) in [6.45, 7) is 3.32. The van der Waals surface area contributed by atoms with Crippen molar-refractivity contribution < 1.29 is 13.5 Å². The molecule has 1 N–H and O–H groups in total. The summed E-state index contributed by atoms with van der Waals surface area (Å²) in [6.07, 6.45) is 0.675. The van der Waals surface area contributed by atoms with Crippen LogP contribution in [0.4, 0.5) is 0 Å². The highest BCUT2D eigenvalue weighted by Crippen LogP contribution is 2.20. The zero-order valence-electron chi connectivity index (χ0n) is 11.2. The molecule has 0 unspecified atom stereocenters. The highest BCUT2D eigenvalue weighted by molar-refractivity contribution is 7.91. The number of rotatable bonds is 5. The average Bonchev–Trinajstić information content (AvgIpc) is 2.69. The van der Waals surface area contributed by atoms with Gasteiger partial charge in [0.25, 0.3) is 0 Å². The third-order valence-corrected chi connectivity index (χ3v) is 5.33. The zero-order valence-corrected chi connectivity index (χ0v) is 12.1. The quantitative estimate of drug-likeness (QED) is 0.875. The summed E-state index contributed by atoms with van der Waals surface area (Å²) in [5.41, 5.74) is 2.36. The second kappa shape index (κ2) is 6.03. The first-order valence-electron chi connectivity index (χ1n) is 6.61. The Kier molecular flexibility index (Phi) is 4.60. The lowest BCUT2D eigenvalue weighted by atomic mass is 10.1. The van der Waals surface area contributed by atoms with Crippen LogP contribution in [0.5, 0.6) is 0 Å². The number of aliphatic hydroxyl groups is 1. The maximum Gasteiger partial charge on any atom is 0.151 e. The van der Waals surface area contributed by atoms with Crippen molar-refractivity contribution >= 4 is 9.84 Å². The van der Waals surface area contributed by atoms with Crippen LogP contribution in [-0.4, -0.2) is 49.1 Å². The van der Waals surface area contributed by atoms with Crippen molar-refractivity contribution in [2.75, 3.05) is 24.7 Å². The van der Waals surface area contributed by atoms with E-state index in [1.165, 1.54) is 5.56 Å². The van der Waals surface area contributed by atoms with E-state index in [4.69, 9.17) is 5.11 Å². The van der Waals surface area contributed by atoms with E-state index in [1.54, 1.807) is 0 Å². The van der Waals surface area contributed by atoms with Crippen molar-refractivity contribution in [3.63, 3.8) is 0 Å². The van der Waals surface area contributed by atoms with Crippen LogP contribution in [0, 0.1) is 6.92 Å². The maximum atomic E-state index is 11.6. The van der Waals surface area contributed by atoms with Crippen molar-refractivity contribution in [1.82, 2.24) is 4.90 Å². The minimum Gasteiger partial charge on any atom is -0.395 e. The van der Waals surface area contributed by atoms with Crippen LogP contribution in [0.3, 0.4) is 0 Å². The summed E-state index contributed by atoms with van der Waals surface area (Å²) in [7, 11) is -2.88. The number of hydrogen-bond acceptors (Lipinski definition) is 4. The summed E-state index contributed by atoms with van der Waals surface area (Å²) >= 11 is 0. The van der Waals surface area contributed by atoms with Gasteiger partial charge in [-0.2, -0.15) is 0 Å². The molecule has 0 saturated carbocycles. The van der Waals surface area contributed by atoms with E-state index in [1.807, 2.05) is 25.1 Å². The second-order valence-electron chi connectivity index (χ2n) is 5.24. The molecule has 1 aliphatic rings. The molecule has 5 heteroatoms. The van der Waals surface area contributed by atoms with E-state index in [2.05, 4.69) is 11.0 Å². The van der Waals surface area contributed by atoms with Crippen LogP contribution < -0.4 is 0 Å². The molecule has 0 spiro atoms. The Bertz CT molecular complexity index is 527. The molecular formula is C14H21NO3S. The third-order valence-electron chi connectivity index (χ3n) is 3.58. The van der Waals surface area contributed by atoms with E-state index in [0.717, 1.165) is 5.56 Å². The summed E-state index contributed by atoms with van der Waals surface area (Å²) in [5.74, 6) is 0.492. The Balaban J connectivity index is 2.08. The normalized spacial score (nSPS) is 21.9. The fourth-order valence-corrected chi connectivity index (χ4v) is 4.39. The molecule has 4 nitrogen and oxygen atoms in total. The van der Waals surface area contributed by atoms with Gasteiger partial charge in [-0.1, -0.05) is 29.8 Å². The number of nitrogens with zero attached hydrogens (tertiary/aromatic N) is 1. The smallest absolute Gasteiger partial charge is 0.151 e. The molecular weight excluding hydrogens is 262 g/mol. The van der Waals surface area contributed by atoms with E-state index >= 15 is 0 Å². The number of hydrogen-bond donors (Lipinski definition) is 1. The minimum atomic E-state index is -2.88. The van der Waals surface area contributed by atoms with E-state index in [-0.39, 0.29) is 24.2 Å². The number of aryl methyl sites for hydroxylation is 1. The van der Waals surface area contributed by atoms with Crippen molar-refractivity contribution in [3.8, 4) is 0 Å². The van der Waals surface area contributed by atoms with Gasteiger partial charge in [-0.25, -0.2) is 8.42 Å². The molecule has 19 heavy (non-hydrogen) atoms. The SMILES string of the molecule is Cc1cccc(CN(CCO)[C@H]2CCS(=O)(=O)C2)c1. The molecule has 0 aromatic heterocycles. The first-order valence-corrected chi connectivity index (χ1v) is 8.43. The van der Waals surface area contributed by atoms with Gasteiger partial charge < -0.3 is 5.11 Å². The summed E-state index contributed by atoms with van der Waals surface area (Å²) in [6, 6.07) is 8.24. The van der Waals surface area contributed by atoms with Gasteiger partial charge in [0, 0.05) is 19.1 Å². The lowest BCUT2D eigenvalue weighted by molar-refractivity contribution is 0.153.